The van der Waals surface area contributed by atoms with Crippen LogP contribution in [-0.2, 0) is 39.1 Å². The molecule has 2 heterocycles. The van der Waals surface area contributed by atoms with Crippen LogP contribution in [0.4, 0.5) is 13.2 Å². The molecule has 0 amide bonds. The average molecular weight is 915 g/mol. The van der Waals surface area contributed by atoms with Crippen molar-refractivity contribution in [2.24, 2.45) is 0 Å². The molecule has 5 aromatic carbocycles. The summed E-state index contributed by atoms with van der Waals surface area (Å²) in [5.41, 5.74) is 4.14. The quantitative estimate of drug-likeness (QED) is 0.0921. The Hall–Kier alpha value is -4.25. The van der Waals surface area contributed by atoms with Crippen LogP contribution in [0.2, 0.25) is 0 Å². The molecule has 7 rings (SSSR count). The van der Waals surface area contributed by atoms with Gasteiger partial charge >= 0.3 is 6.18 Å². The van der Waals surface area contributed by atoms with Gasteiger partial charge in [-0.2, -0.15) is 13.2 Å². The summed E-state index contributed by atoms with van der Waals surface area (Å²) >= 11 is 6.66. The van der Waals surface area contributed by atoms with Crippen molar-refractivity contribution in [3.8, 4) is 0 Å². The number of hydrogen-bond acceptors (Lipinski definition) is 4. The van der Waals surface area contributed by atoms with Crippen LogP contribution >= 0.6 is 31.9 Å². The van der Waals surface area contributed by atoms with Gasteiger partial charge in [0.2, 0.25) is 20.0 Å². The zero-order valence-electron chi connectivity index (χ0n) is 28.8. The molecule has 0 radical (unpaired) electrons. The second-order valence-corrected chi connectivity index (χ2v) is 18.2. The van der Waals surface area contributed by atoms with Crippen molar-refractivity contribution < 1.29 is 30.0 Å². The van der Waals surface area contributed by atoms with Crippen molar-refractivity contribution in [3.63, 3.8) is 0 Å². The molecule has 7 aromatic rings. The molecule has 0 atom stereocenters. The molecule has 55 heavy (non-hydrogen) atoms. The Labute approximate surface area is 332 Å². The van der Waals surface area contributed by atoms with E-state index in [1.165, 1.54) is 36.4 Å². The molecular weight excluding hydrogens is 881 g/mol. The minimum Gasteiger partial charge on any atom is -0.357 e. The first-order valence-electron chi connectivity index (χ1n) is 17.1. The van der Waals surface area contributed by atoms with Crippen LogP contribution in [0.5, 0.6) is 0 Å². The van der Waals surface area contributed by atoms with Gasteiger partial charge in [0.25, 0.3) is 0 Å². The van der Waals surface area contributed by atoms with E-state index in [-0.39, 0.29) is 35.7 Å². The number of fused-ring (bicyclic) bond motifs is 2. The third-order valence-corrected chi connectivity index (χ3v) is 13.4. The number of halogens is 5. The molecule has 0 aliphatic carbocycles. The number of aromatic amines is 2. The van der Waals surface area contributed by atoms with Crippen LogP contribution in [-0.4, -0.2) is 39.9 Å². The normalized spacial score (nSPS) is 12.6. The molecule has 0 saturated heterocycles. The van der Waals surface area contributed by atoms with E-state index < -0.39 is 37.7 Å². The lowest BCUT2D eigenvalue weighted by molar-refractivity contribution is -0.137. The van der Waals surface area contributed by atoms with E-state index in [4.69, 9.17) is 0 Å². The summed E-state index contributed by atoms with van der Waals surface area (Å²) in [5.74, 6) is -0.696. The van der Waals surface area contributed by atoms with Crippen molar-refractivity contribution in [2.45, 2.75) is 34.7 Å². The third-order valence-electron chi connectivity index (χ3n) is 9.42. The fourth-order valence-electron chi connectivity index (χ4n) is 6.83. The second-order valence-electron chi connectivity index (χ2n) is 12.9. The topological polar surface area (TPSA) is 124 Å². The van der Waals surface area contributed by atoms with E-state index in [2.05, 4.69) is 51.3 Å². The first kappa shape index (κ1) is 39.0. The number of para-hydroxylation sites is 2. The molecule has 0 aliphatic rings. The zero-order valence-corrected chi connectivity index (χ0v) is 33.6. The van der Waals surface area contributed by atoms with Crippen LogP contribution in [0, 0.1) is 0 Å². The lowest BCUT2D eigenvalue weighted by Gasteiger charge is -2.21. The molecule has 15 heteroatoms. The standard InChI is InChI=1S/C40H33Br2F3N4O4S2/c41-27-13-17-29(18-14-27)54(50,51)46-23-21-33-31-5-1-3-7-35(31)48-38(33)37(25-9-11-26(12-10-25)40(43,44)45)39-34(32-6-2-4-8-36(32)49-39)22-24-47-55(52,53)30-19-15-28(42)16-20-30/h1-20,37,46-49H,21-24H2. The highest BCUT2D eigenvalue weighted by molar-refractivity contribution is 9.10. The van der Waals surface area contributed by atoms with E-state index >= 15 is 0 Å². The number of hydrogen-bond donors (Lipinski definition) is 4. The van der Waals surface area contributed by atoms with Gasteiger partial charge in [0, 0.05) is 55.2 Å². The summed E-state index contributed by atoms with van der Waals surface area (Å²) in [6.07, 6.45) is -4.06. The highest BCUT2D eigenvalue weighted by Crippen LogP contribution is 2.41. The fraction of sp³-hybridized carbons (Fsp3) is 0.150. The molecule has 0 fully saturated rings. The van der Waals surface area contributed by atoms with Crippen molar-refractivity contribution >= 4 is 73.7 Å². The van der Waals surface area contributed by atoms with Crippen LogP contribution < -0.4 is 9.44 Å². The number of rotatable bonds is 13. The number of H-pyrrole nitrogens is 2. The van der Waals surface area contributed by atoms with Gasteiger partial charge in [-0.1, -0.05) is 80.4 Å². The molecule has 0 spiro atoms. The summed E-state index contributed by atoms with van der Waals surface area (Å²) in [7, 11) is -7.72. The Morgan fingerprint density at radius 3 is 1.36 bits per heavy atom. The number of aromatic nitrogens is 2. The smallest absolute Gasteiger partial charge is 0.357 e. The Morgan fingerprint density at radius 2 is 0.964 bits per heavy atom. The van der Waals surface area contributed by atoms with Gasteiger partial charge in [-0.25, -0.2) is 26.3 Å². The van der Waals surface area contributed by atoms with Crippen molar-refractivity contribution in [2.75, 3.05) is 13.1 Å². The molecule has 0 saturated carbocycles. The van der Waals surface area contributed by atoms with Crippen molar-refractivity contribution in [1.82, 2.24) is 19.4 Å². The average Bonchev–Trinajstić information content (AvgIpc) is 3.70. The molecule has 0 aliphatic heterocycles. The van der Waals surface area contributed by atoms with Crippen molar-refractivity contribution in [1.29, 1.82) is 0 Å². The summed E-state index contributed by atoms with van der Waals surface area (Å²) < 4.78 is 101. The maximum atomic E-state index is 13.8. The van der Waals surface area contributed by atoms with Gasteiger partial charge in [-0.05, 0) is 102 Å². The molecule has 0 bridgehead atoms. The van der Waals surface area contributed by atoms with Crippen LogP contribution in [0.1, 0.15) is 39.6 Å². The fourth-order valence-corrected chi connectivity index (χ4v) is 9.42. The van der Waals surface area contributed by atoms with E-state index in [1.54, 1.807) is 24.3 Å². The van der Waals surface area contributed by atoms with Gasteiger partial charge in [0.15, 0.2) is 0 Å². The largest absolute Gasteiger partial charge is 0.416 e. The molecule has 2 aromatic heterocycles. The maximum Gasteiger partial charge on any atom is 0.416 e. The van der Waals surface area contributed by atoms with Crippen LogP contribution in [0.15, 0.2) is 140 Å². The monoisotopic (exact) mass is 912 g/mol. The highest BCUT2D eigenvalue weighted by Gasteiger charge is 2.32. The molecular formula is C40H33Br2F3N4O4S2. The zero-order chi connectivity index (χ0) is 39.0. The number of nitrogens with one attached hydrogen (secondary N) is 4. The predicted molar refractivity (Wildman–Crippen MR) is 215 cm³/mol. The van der Waals surface area contributed by atoms with E-state index in [1.807, 2.05) is 48.5 Å². The molecule has 8 nitrogen and oxygen atoms in total. The second kappa shape index (κ2) is 15.7. The van der Waals surface area contributed by atoms with E-state index in [0.29, 0.717) is 17.0 Å². The highest BCUT2D eigenvalue weighted by atomic mass is 79.9. The lowest BCUT2D eigenvalue weighted by atomic mass is 9.86. The van der Waals surface area contributed by atoms with E-state index in [0.717, 1.165) is 54.0 Å². The number of benzene rings is 5. The van der Waals surface area contributed by atoms with Crippen molar-refractivity contribution in [3.05, 3.63) is 164 Å². The Bertz CT molecular complexity index is 2540. The number of alkyl halides is 3. The summed E-state index contributed by atoms with van der Waals surface area (Å²) in [6.45, 7) is 0.0642. The van der Waals surface area contributed by atoms with Gasteiger partial charge in [0.1, 0.15) is 0 Å². The molecule has 4 N–H and O–H groups in total. The Morgan fingerprint density at radius 1 is 0.564 bits per heavy atom. The van der Waals surface area contributed by atoms with Crippen LogP contribution in [0.25, 0.3) is 21.8 Å². The van der Waals surface area contributed by atoms with E-state index in [9.17, 15) is 30.0 Å². The molecule has 284 valence electrons. The van der Waals surface area contributed by atoms with Gasteiger partial charge < -0.3 is 9.97 Å². The maximum absolute atomic E-state index is 13.8. The minimum atomic E-state index is -4.55. The Balaban J connectivity index is 1.32. The minimum absolute atomic E-state index is 0.0321. The first-order valence-corrected chi connectivity index (χ1v) is 21.6. The predicted octanol–water partition coefficient (Wildman–Crippen LogP) is 9.42. The lowest BCUT2D eigenvalue weighted by Crippen LogP contribution is -2.26. The van der Waals surface area contributed by atoms with Crippen LogP contribution in [0.3, 0.4) is 0 Å². The summed E-state index contributed by atoms with van der Waals surface area (Å²) in [5, 5.41) is 1.66. The summed E-state index contributed by atoms with van der Waals surface area (Å²) in [6, 6.07) is 32.6. The van der Waals surface area contributed by atoms with Gasteiger partial charge in [0.05, 0.1) is 21.3 Å². The molecule has 0 unspecified atom stereocenters. The van der Waals surface area contributed by atoms with Gasteiger partial charge in [-0.3, -0.25) is 0 Å². The SMILES string of the molecule is O=S(=O)(NCCc1c(C(c2ccc(C(F)(F)F)cc2)c2[nH]c3ccccc3c2CCNS(=O)(=O)c2ccc(Br)cc2)[nH]c2ccccc12)c1ccc(Br)cc1. The number of sulfonamides is 2. The van der Waals surface area contributed by atoms with Gasteiger partial charge in [-0.15, -0.1) is 0 Å². The third kappa shape index (κ3) is 8.47. The first-order chi connectivity index (χ1) is 26.2. The Kier molecular flexibility index (Phi) is 11.1. The summed E-state index contributed by atoms with van der Waals surface area (Å²) in [4.78, 5) is 7.27.